The molecule has 8 heteroatoms. The molecule has 1 N–H and O–H groups in total. The molecule has 0 unspecified atom stereocenters. The Bertz CT molecular complexity index is 907. The summed E-state index contributed by atoms with van der Waals surface area (Å²) in [5.41, 5.74) is 0.681. The Kier molecular flexibility index (Phi) is 13.4. The Hall–Kier alpha value is -1.71. The van der Waals surface area contributed by atoms with Crippen LogP contribution in [0.4, 0.5) is 10.5 Å². The van der Waals surface area contributed by atoms with E-state index in [1.165, 1.54) is 77.0 Å². The first-order chi connectivity index (χ1) is 20.4. The third-order valence-corrected chi connectivity index (χ3v) is 8.62. The summed E-state index contributed by atoms with van der Waals surface area (Å²) in [5.74, 6) is -1.99. The van der Waals surface area contributed by atoms with Gasteiger partial charge in [-0.1, -0.05) is 95.8 Å². The summed E-state index contributed by atoms with van der Waals surface area (Å²) in [4.78, 5) is 15.5. The molecule has 3 fully saturated rings. The fourth-order valence-electron chi connectivity index (χ4n) is 6.52. The first kappa shape index (κ1) is 33.2. The monoisotopic (exact) mass is 588 g/mol. The van der Waals surface area contributed by atoms with Crippen molar-refractivity contribution in [1.82, 2.24) is 4.90 Å². The normalized spacial score (nSPS) is 27.5. The third kappa shape index (κ3) is 10.2. The van der Waals surface area contributed by atoms with Gasteiger partial charge in [0.05, 0.1) is 0 Å². The van der Waals surface area contributed by atoms with E-state index in [0.29, 0.717) is 18.8 Å². The number of nitrogens with one attached hydrogen (secondary N) is 1. The van der Waals surface area contributed by atoms with Crippen molar-refractivity contribution in [2.45, 2.75) is 141 Å². The lowest BCUT2D eigenvalue weighted by Crippen LogP contribution is -2.46. The highest BCUT2D eigenvalue weighted by molar-refractivity contribution is 5.84. The van der Waals surface area contributed by atoms with E-state index in [2.05, 4.69) is 17.1 Å². The Labute approximate surface area is 254 Å². The summed E-state index contributed by atoms with van der Waals surface area (Å²) in [5, 5.41) is 2.85. The van der Waals surface area contributed by atoms with Crippen LogP contribution in [0.3, 0.4) is 0 Å². The second-order valence-corrected chi connectivity index (χ2v) is 12.8. The zero-order valence-corrected chi connectivity index (χ0v) is 26.5. The van der Waals surface area contributed by atoms with Crippen LogP contribution in [0.2, 0.25) is 0 Å². The van der Waals surface area contributed by atoms with E-state index in [1.54, 1.807) is 0 Å². The number of likely N-dealkylation sites (tertiary alicyclic amines) is 1. The van der Waals surface area contributed by atoms with Gasteiger partial charge in [-0.25, -0.2) is 4.79 Å². The average Bonchev–Trinajstić information content (AvgIpc) is 3.20. The molecular formula is C34H56N2O6. The SMILES string of the molecule is CCCCCCCCCCCCOC[C@@]12O[C@@H](CN3CCCCCC3)[C@@H](OC(=O)Nc3ccccc3)[C@@H]1OC(C)(C)O2. The molecule has 3 heterocycles. The van der Waals surface area contributed by atoms with E-state index in [1.807, 2.05) is 44.2 Å². The van der Waals surface area contributed by atoms with Gasteiger partial charge < -0.3 is 28.6 Å². The smallest absolute Gasteiger partial charge is 0.412 e. The number of para-hydroxylation sites is 1. The summed E-state index contributed by atoms with van der Waals surface area (Å²) in [6, 6.07) is 9.35. The number of carbonyl (C=O) groups is 1. The van der Waals surface area contributed by atoms with E-state index < -0.39 is 29.9 Å². The third-order valence-electron chi connectivity index (χ3n) is 8.62. The van der Waals surface area contributed by atoms with Crippen molar-refractivity contribution in [2.75, 3.05) is 38.2 Å². The van der Waals surface area contributed by atoms with Crippen LogP contribution in [0.25, 0.3) is 0 Å². The summed E-state index contributed by atoms with van der Waals surface area (Å²) < 4.78 is 31.8. The zero-order valence-electron chi connectivity index (χ0n) is 26.5. The van der Waals surface area contributed by atoms with Gasteiger partial charge in [-0.15, -0.1) is 0 Å². The molecule has 0 aromatic heterocycles. The van der Waals surface area contributed by atoms with Crippen LogP contribution in [0.5, 0.6) is 0 Å². The van der Waals surface area contributed by atoms with Gasteiger partial charge in [-0.05, 0) is 58.3 Å². The molecule has 0 spiro atoms. The lowest BCUT2D eigenvalue weighted by Gasteiger charge is -2.31. The Morgan fingerprint density at radius 2 is 1.55 bits per heavy atom. The van der Waals surface area contributed by atoms with Gasteiger partial charge in [0, 0.05) is 18.8 Å². The predicted molar refractivity (Wildman–Crippen MR) is 166 cm³/mol. The number of carbonyl (C=O) groups excluding carboxylic acids is 1. The molecule has 3 aliphatic heterocycles. The number of anilines is 1. The second kappa shape index (κ2) is 17.0. The van der Waals surface area contributed by atoms with E-state index in [0.717, 1.165) is 25.9 Å². The van der Waals surface area contributed by atoms with E-state index in [-0.39, 0.29) is 12.7 Å². The van der Waals surface area contributed by atoms with Crippen LogP contribution >= 0.6 is 0 Å². The molecule has 0 radical (unpaired) electrons. The molecule has 8 nitrogen and oxygen atoms in total. The topological polar surface area (TPSA) is 78.5 Å². The van der Waals surface area contributed by atoms with Crippen LogP contribution in [-0.4, -0.2) is 73.7 Å². The Morgan fingerprint density at radius 3 is 2.21 bits per heavy atom. The molecule has 1 amide bonds. The summed E-state index contributed by atoms with van der Waals surface area (Å²) in [6.07, 6.45) is 15.6. The van der Waals surface area contributed by atoms with Gasteiger partial charge in [0.15, 0.2) is 18.0 Å². The Morgan fingerprint density at radius 1 is 0.905 bits per heavy atom. The fourth-order valence-corrected chi connectivity index (χ4v) is 6.52. The number of hydrogen-bond donors (Lipinski definition) is 1. The number of rotatable bonds is 17. The lowest BCUT2D eigenvalue weighted by atomic mass is 10.0. The van der Waals surface area contributed by atoms with Gasteiger partial charge in [0.1, 0.15) is 12.7 Å². The molecule has 3 aliphatic rings. The van der Waals surface area contributed by atoms with Crippen molar-refractivity contribution in [2.24, 2.45) is 0 Å². The van der Waals surface area contributed by atoms with Gasteiger partial charge in [-0.3, -0.25) is 5.32 Å². The quantitative estimate of drug-likeness (QED) is 0.187. The Balaban J connectivity index is 1.32. The standard InChI is InChI=1S/C34H56N2O6/c1-4-5-6-7-8-9-10-11-14-20-25-38-27-34-31(41-33(2,3)42-34)30(39-32(37)35-28-21-16-15-17-22-28)29(40-34)26-36-23-18-12-13-19-24-36/h15-17,21-22,29-31H,4-14,18-20,23-27H2,1-3H3,(H,35,37)/t29-,30+,31-,34-/m0/s1. The number of benzene rings is 1. The summed E-state index contributed by atoms with van der Waals surface area (Å²) in [7, 11) is 0. The number of unbranched alkanes of at least 4 members (excludes halogenated alkanes) is 9. The summed E-state index contributed by atoms with van der Waals surface area (Å²) >= 11 is 0. The number of hydrogen-bond acceptors (Lipinski definition) is 7. The molecule has 0 saturated carbocycles. The minimum atomic E-state index is -1.11. The van der Waals surface area contributed by atoms with Crippen molar-refractivity contribution >= 4 is 11.8 Å². The predicted octanol–water partition coefficient (Wildman–Crippen LogP) is 7.66. The van der Waals surface area contributed by atoms with Gasteiger partial charge in [0.2, 0.25) is 5.79 Å². The molecule has 42 heavy (non-hydrogen) atoms. The lowest BCUT2D eigenvalue weighted by molar-refractivity contribution is -0.279. The highest BCUT2D eigenvalue weighted by Crippen LogP contribution is 2.47. The highest BCUT2D eigenvalue weighted by atomic mass is 16.9. The fraction of sp³-hybridized carbons (Fsp3) is 0.794. The first-order valence-electron chi connectivity index (χ1n) is 16.8. The molecule has 238 valence electrons. The van der Waals surface area contributed by atoms with Gasteiger partial charge in [-0.2, -0.15) is 0 Å². The molecule has 3 saturated heterocycles. The molecule has 1 aromatic rings. The number of fused-ring (bicyclic) bond motifs is 1. The maximum Gasteiger partial charge on any atom is 0.412 e. The van der Waals surface area contributed by atoms with Crippen LogP contribution in [0.1, 0.15) is 111 Å². The van der Waals surface area contributed by atoms with E-state index in [4.69, 9.17) is 23.7 Å². The molecule has 0 aliphatic carbocycles. The number of ether oxygens (including phenoxy) is 5. The van der Waals surface area contributed by atoms with Crippen LogP contribution < -0.4 is 5.32 Å². The van der Waals surface area contributed by atoms with E-state index in [9.17, 15) is 4.79 Å². The molecule has 4 atom stereocenters. The van der Waals surface area contributed by atoms with Crippen molar-refractivity contribution in [3.05, 3.63) is 30.3 Å². The number of nitrogens with zero attached hydrogens (tertiary/aromatic N) is 1. The molecule has 0 bridgehead atoms. The molecule has 1 aromatic carbocycles. The minimum absolute atomic E-state index is 0.245. The van der Waals surface area contributed by atoms with E-state index >= 15 is 0 Å². The number of amides is 1. The van der Waals surface area contributed by atoms with Crippen molar-refractivity contribution < 1.29 is 28.5 Å². The van der Waals surface area contributed by atoms with Gasteiger partial charge in [0.25, 0.3) is 0 Å². The summed E-state index contributed by atoms with van der Waals surface area (Å²) in [6.45, 7) is 9.61. The highest BCUT2D eigenvalue weighted by Gasteiger charge is 2.66. The van der Waals surface area contributed by atoms with Crippen LogP contribution in [0.15, 0.2) is 30.3 Å². The zero-order chi connectivity index (χ0) is 29.7. The van der Waals surface area contributed by atoms with Gasteiger partial charge >= 0.3 is 6.09 Å². The van der Waals surface area contributed by atoms with Crippen molar-refractivity contribution in [3.63, 3.8) is 0 Å². The van der Waals surface area contributed by atoms with Crippen molar-refractivity contribution in [1.29, 1.82) is 0 Å². The van der Waals surface area contributed by atoms with Crippen molar-refractivity contribution in [3.8, 4) is 0 Å². The van der Waals surface area contributed by atoms with Crippen LogP contribution in [-0.2, 0) is 23.7 Å². The second-order valence-electron chi connectivity index (χ2n) is 12.8. The maximum atomic E-state index is 13.1. The molecular weight excluding hydrogens is 532 g/mol. The minimum Gasteiger partial charge on any atom is -0.440 e. The first-order valence-corrected chi connectivity index (χ1v) is 16.8. The maximum absolute atomic E-state index is 13.1. The van der Waals surface area contributed by atoms with Crippen LogP contribution in [0, 0.1) is 0 Å². The molecule has 4 rings (SSSR count). The largest absolute Gasteiger partial charge is 0.440 e. The average molecular weight is 589 g/mol.